The van der Waals surface area contributed by atoms with Crippen LogP contribution in [0.3, 0.4) is 0 Å². The molecular weight excluding hydrogens is 268 g/mol. The predicted molar refractivity (Wildman–Crippen MR) is 82.9 cm³/mol. The minimum Gasteiger partial charge on any atom is -0.356 e. The third-order valence-corrected chi connectivity index (χ3v) is 3.61. The standard InChI is InChI=1S/C14H24N6O/c1-3-4-12-17-13(19-15)9-14(18-12)20-7-5-11(6-8-20)16-10(2)21/h9,11H,3-8,15H2,1-2H3,(H,16,21)(H,17,18,19). The maximum atomic E-state index is 11.1. The van der Waals surface area contributed by atoms with E-state index < -0.39 is 0 Å². The molecular formula is C14H24N6O. The van der Waals surface area contributed by atoms with E-state index in [4.69, 9.17) is 5.84 Å². The van der Waals surface area contributed by atoms with E-state index in [-0.39, 0.29) is 11.9 Å². The Morgan fingerprint density at radius 2 is 2.14 bits per heavy atom. The van der Waals surface area contributed by atoms with Gasteiger partial charge in [0.1, 0.15) is 17.5 Å². The van der Waals surface area contributed by atoms with Gasteiger partial charge in [0, 0.05) is 38.5 Å². The van der Waals surface area contributed by atoms with Gasteiger partial charge in [-0.15, -0.1) is 0 Å². The molecule has 1 aromatic rings. The van der Waals surface area contributed by atoms with Crippen LogP contribution in [0.2, 0.25) is 0 Å². The van der Waals surface area contributed by atoms with Crippen LogP contribution in [0, 0.1) is 0 Å². The molecule has 0 unspecified atom stereocenters. The molecule has 21 heavy (non-hydrogen) atoms. The second-order valence-corrected chi connectivity index (χ2v) is 5.38. The molecule has 2 rings (SSSR count). The number of nitrogen functional groups attached to an aromatic ring is 1. The van der Waals surface area contributed by atoms with Gasteiger partial charge in [0.15, 0.2) is 0 Å². The third kappa shape index (κ3) is 4.29. The fraction of sp³-hybridized carbons (Fsp3) is 0.643. The average Bonchev–Trinajstić information content (AvgIpc) is 2.47. The highest BCUT2D eigenvalue weighted by atomic mass is 16.1. The molecule has 1 aliphatic rings. The van der Waals surface area contributed by atoms with E-state index in [1.807, 2.05) is 6.07 Å². The molecule has 7 heteroatoms. The number of carbonyl (C=O) groups is 1. The first-order valence-corrected chi connectivity index (χ1v) is 7.49. The van der Waals surface area contributed by atoms with Crippen molar-refractivity contribution in [1.29, 1.82) is 0 Å². The SMILES string of the molecule is CCCc1nc(NN)cc(N2CCC(NC(C)=O)CC2)n1. The number of anilines is 2. The van der Waals surface area contributed by atoms with Crippen LogP contribution < -0.4 is 21.5 Å². The lowest BCUT2D eigenvalue weighted by atomic mass is 10.1. The molecule has 116 valence electrons. The first kappa shape index (κ1) is 15.5. The van der Waals surface area contributed by atoms with Gasteiger partial charge in [-0.3, -0.25) is 4.79 Å². The number of hydrazine groups is 1. The number of nitrogens with one attached hydrogen (secondary N) is 2. The number of nitrogens with zero attached hydrogens (tertiary/aromatic N) is 3. The van der Waals surface area contributed by atoms with Crippen molar-refractivity contribution in [3.8, 4) is 0 Å². The second kappa shape index (κ2) is 7.21. The van der Waals surface area contributed by atoms with Crippen molar-refractivity contribution < 1.29 is 4.79 Å². The van der Waals surface area contributed by atoms with Crippen molar-refractivity contribution in [1.82, 2.24) is 15.3 Å². The number of carbonyl (C=O) groups excluding carboxylic acids is 1. The van der Waals surface area contributed by atoms with Crippen LogP contribution in [0.4, 0.5) is 11.6 Å². The maximum absolute atomic E-state index is 11.1. The van der Waals surface area contributed by atoms with Crippen LogP contribution in [0.1, 0.15) is 38.9 Å². The van der Waals surface area contributed by atoms with Gasteiger partial charge >= 0.3 is 0 Å². The first-order valence-electron chi connectivity index (χ1n) is 7.49. The van der Waals surface area contributed by atoms with Crippen LogP contribution in [0.5, 0.6) is 0 Å². The Hall–Kier alpha value is -1.89. The average molecular weight is 292 g/mol. The van der Waals surface area contributed by atoms with Crippen LogP contribution in [-0.2, 0) is 11.2 Å². The van der Waals surface area contributed by atoms with Gasteiger partial charge in [-0.25, -0.2) is 15.8 Å². The molecule has 1 aromatic heterocycles. The fourth-order valence-electron chi connectivity index (χ4n) is 2.59. The number of aryl methyl sites for hydroxylation is 1. The van der Waals surface area contributed by atoms with Crippen molar-refractivity contribution in [2.75, 3.05) is 23.4 Å². The Balaban J connectivity index is 2.05. The van der Waals surface area contributed by atoms with Crippen molar-refractivity contribution in [2.45, 2.75) is 45.6 Å². The quantitative estimate of drug-likeness (QED) is 0.549. The van der Waals surface area contributed by atoms with Gasteiger partial charge in [-0.2, -0.15) is 0 Å². The van der Waals surface area contributed by atoms with E-state index in [2.05, 4.69) is 32.5 Å². The van der Waals surface area contributed by atoms with Crippen molar-refractivity contribution in [3.05, 3.63) is 11.9 Å². The number of nitrogens with two attached hydrogens (primary N) is 1. The van der Waals surface area contributed by atoms with E-state index >= 15 is 0 Å². The molecule has 1 fully saturated rings. The molecule has 0 saturated carbocycles. The summed E-state index contributed by atoms with van der Waals surface area (Å²) in [5.74, 6) is 7.88. The Morgan fingerprint density at radius 1 is 1.43 bits per heavy atom. The van der Waals surface area contributed by atoms with Crippen LogP contribution >= 0.6 is 0 Å². The first-order chi connectivity index (χ1) is 10.1. The normalized spacial score (nSPS) is 15.9. The summed E-state index contributed by atoms with van der Waals surface area (Å²) < 4.78 is 0. The Kier molecular flexibility index (Phi) is 5.32. The Morgan fingerprint density at radius 3 is 2.71 bits per heavy atom. The Bertz CT molecular complexity index is 484. The molecule has 4 N–H and O–H groups in total. The zero-order valence-corrected chi connectivity index (χ0v) is 12.7. The molecule has 0 aromatic carbocycles. The van der Waals surface area contributed by atoms with Crippen LogP contribution in [0.25, 0.3) is 0 Å². The van der Waals surface area contributed by atoms with Gasteiger partial charge in [0.2, 0.25) is 5.91 Å². The molecule has 2 heterocycles. The molecule has 1 amide bonds. The van der Waals surface area contributed by atoms with Gasteiger partial charge < -0.3 is 15.6 Å². The minimum atomic E-state index is 0.0373. The molecule has 0 atom stereocenters. The monoisotopic (exact) mass is 292 g/mol. The van der Waals surface area contributed by atoms with Crippen molar-refractivity contribution in [3.63, 3.8) is 0 Å². The van der Waals surface area contributed by atoms with E-state index in [1.165, 1.54) is 0 Å². The van der Waals surface area contributed by atoms with E-state index in [0.717, 1.165) is 50.4 Å². The lowest BCUT2D eigenvalue weighted by Gasteiger charge is -2.33. The molecule has 0 spiro atoms. The highest BCUT2D eigenvalue weighted by Gasteiger charge is 2.21. The molecule has 0 aliphatic carbocycles. The summed E-state index contributed by atoms with van der Waals surface area (Å²) in [6.07, 6.45) is 3.69. The van der Waals surface area contributed by atoms with Crippen molar-refractivity contribution in [2.24, 2.45) is 5.84 Å². The topological polar surface area (TPSA) is 96.2 Å². The van der Waals surface area contributed by atoms with Gasteiger partial charge in [0.05, 0.1) is 0 Å². The van der Waals surface area contributed by atoms with Crippen LogP contribution in [-0.4, -0.2) is 35.0 Å². The lowest BCUT2D eigenvalue weighted by Crippen LogP contribution is -2.44. The summed E-state index contributed by atoms with van der Waals surface area (Å²) in [4.78, 5) is 22.3. The number of aromatic nitrogens is 2. The fourth-order valence-corrected chi connectivity index (χ4v) is 2.59. The third-order valence-electron chi connectivity index (χ3n) is 3.61. The zero-order chi connectivity index (χ0) is 15.2. The number of hydrogen-bond donors (Lipinski definition) is 3. The van der Waals surface area contributed by atoms with Gasteiger partial charge in [-0.1, -0.05) is 6.92 Å². The van der Waals surface area contributed by atoms with Gasteiger partial charge in [0.25, 0.3) is 0 Å². The number of hydrogen-bond acceptors (Lipinski definition) is 6. The van der Waals surface area contributed by atoms with E-state index in [9.17, 15) is 4.79 Å². The lowest BCUT2D eigenvalue weighted by molar-refractivity contribution is -0.119. The van der Waals surface area contributed by atoms with E-state index in [0.29, 0.717) is 5.82 Å². The molecule has 0 bridgehead atoms. The predicted octanol–water partition coefficient (Wildman–Crippen LogP) is 0.820. The van der Waals surface area contributed by atoms with Gasteiger partial charge in [-0.05, 0) is 19.3 Å². The summed E-state index contributed by atoms with van der Waals surface area (Å²) in [6, 6.07) is 2.14. The van der Waals surface area contributed by atoms with E-state index in [1.54, 1.807) is 6.92 Å². The maximum Gasteiger partial charge on any atom is 0.217 e. The minimum absolute atomic E-state index is 0.0373. The van der Waals surface area contributed by atoms with Crippen molar-refractivity contribution >= 4 is 17.5 Å². The number of piperidine rings is 1. The largest absolute Gasteiger partial charge is 0.356 e. The highest BCUT2D eigenvalue weighted by molar-refractivity contribution is 5.73. The summed E-state index contributed by atoms with van der Waals surface area (Å²) in [6.45, 7) is 5.41. The summed E-state index contributed by atoms with van der Waals surface area (Å²) >= 11 is 0. The number of rotatable bonds is 5. The molecule has 7 nitrogen and oxygen atoms in total. The molecule has 0 radical (unpaired) electrons. The highest BCUT2D eigenvalue weighted by Crippen LogP contribution is 2.20. The summed E-state index contributed by atoms with van der Waals surface area (Å²) in [5, 5.41) is 2.98. The summed E-state index contributed by atoms with van der Waals surface area (Å²) in [5.41, 5.74) is 2.61. The van der Waals surface area contributed by atoms with Crippen LogP contribution in [0.15, 0.2) is 6.07 Å². The smallest absolute Gasteiger partial charge is 0.217 e. The Labute approximate surface area is 125 Å². The zero-order valence-electron chi connectivity index (χ0n) is 12.7. The molecule has 1 saturated heterocycles. The summed E-state index contributed by atoms with van der Waals surface area (Å²) in [7, 11) is 0. The molecule has 1 aliphatic heterocycles. The second-order valence-electron chi connectivity index (χ2n) is 5.38. The number of amides is 1.